The maximum Gasteiger partial charge on any atom is 0.255 e. The van der Waals surface area contributed by atoms with Gasteiger partial charge in [-0.2, -0.15) is 0 Å². The van der Waals surface area contributed by atoms with Crippen LogP contribution in [0, 0.1) is 6.92 Å². The van der Waals surface area contributed by atoms with Crippen LogP contribution < -0.4 is 5.32 Å². The average Bonchev–Trinajstić information content (AvgIpc) is 2.54. The van der Waals surface area contributed by atoms with Crippen molar-refractivity contribution in [2.24, 2.45) is 0 Å². The Hall–Kier alpha value is -1.10. The highest BCUT2D eigenvalue weighted by Gasteiger charge is 2.42. The number of carbonyl (C=O) groups excluding carboxylic acids is 1. The topological polar surface area (TPSA) is 41.6 Å². The van der Waals surface area contributed by atoms with E-state index in [1.165, 1.54) is 11.1 Å². The molecule has 0 atom stereocenters. The Balaban J connectivity index is 0.00000242. The Labute approximate surface area is 139 Å². The smallest absolute Gasteiger partial charge is 0.255 e. The number of nitrogens with one attached hydrogen (secondary N) is 1. The third-order valence-electron chi connectivity index (χ3n) is 4.48. The van der Waals surface area contributed by atoms with Crippen molar-refractivity contribution in [1.82, 2.24) is 10.2 Å². The van der Waals surface area contributed by atoms with E-state index in [-0.39, 0.29) is 18.3 Å². The van der Waals surface area contributed by atoms with Crippen LogP contribution in [0.3, 0.4) is 0 Å². The van der Waals surface area contributed by atoms with E-state index in [0.29, 0.717) is 13.1 Å². The lowest BCUT2D eigenvalue weighted by atomic mass is 9.90. The minimum Gasteiger partial charge on any atom is -0.368 e. The molecule has 1 fully saturated rings. The number of ether oxygens (including phenoxy) is 1. The molecular formula is C17H27ClN2O2. The van der Waals surface area contributed by atoms with E-state index in [4.69, 9.17) is 4.74 Å². The first-order valence-electron chi connectivity index (χ1n) is 7.72. The standard InChI is InChI=1S/C17H26N2O2.ClH/c1-4-19(13-15-8-6-5-7-14(15)2)16(20)17(21-3)9-11-18-12-10-17;/h5-8,18H,4,9-13H2,1-3H3;1H. The molecule has 1 aliphatic rings. The Morgan fingerprint density at radius 2 is 1.95 bits per heavy atom. The molecule has 1 saturated heterocycles. The minimum absolute atomic E-state index is 0. The SMILES string of the molecule is CCN(Cc1ccccc1C)C(=O)C1(OC)CCNCC1.Cl. The van der Waals surface area contributed by atoms with Crippen molar-refractivity contribution in [3.63, 3.8) is 0 Å². The van der Waals surface area contributed by atoms with Gasteiger partial charge in [-0.25, -0.2) is 0 Å². The van der Waals surface area contributed by atoms with Crippen molar-refractivity contribution >= 4 is 18.3 Å². The van der Waals surface area contributed by atoms with Crippen LogP contribution in [-0.4, -0.2) is 43.2 Å². The van der Waals surface area contributed by atoms with Gasteiger partial charge in [0.15, 0.2) is 0 Å². The number of methoxy groups -OCH3 is 1. The van der Waals surface area contributed by atoms with Crippen molar-refractivity contribution in [3.8, 4) is 0 Å². The van der Waals surface area contributed by atoms with Gasteiger partial charge in [-0.15, -0.1) is 12.4 Å². The molecule has 2 rings (SSSR count). The zero-order valence-corrected chi connectivity index (χ0v) is 14.5. The summed E-state index contributed by atoms with van der Waals surface area (Å²) >= 11 is 0. The summed E-state index contributed by atoms with van der Waals surface area (Å²) in [5.41, 5.74) is 1.78. The molecule has 1 aromatic carbocycles. The van der Waals surface area contributed by atoms with Crippen molar-refractivity contribution in [1.29, 1.82) is 0 Å². The number of likely N-dealkylation sites (N-methyl/N-ethyl adjacent to an activating group) is 1. The fourth-order valence-electron chi connectivity index (χ4n) is 2.94. The van der Waals surface area contributed by atoms with Gasteiger partial charge in [0.2, 0.25) is 0 Å². The number of piperidine rings is 1. The van der Waals surface area contributed by atoms with Crippen LogP contribution in [0.2, 0.25) is 0 Å². The number of aryl methyl sites for hydroxylation is 1. The van der Waals surface area contributed by atoms with Crippen LogP contribution in [-0.2, 0) is 16.1 Å². The Morgan fingerprint density at radius 3 is 2.50 bits per heavy atom. The zero-order valence-electron chi connectivity index (χ0n) is 13.7. The predicted molar refractivity (Wildman–Crippen MR) is 91.4 cm³/mol. The molecule has 1 amide bonds. The van der Waals surface area contributed by atoms with Crippen molar-refractivity contribution in [2.75, 3.05) is 26.7 Å². The lowest BCUT2D eigenvalue weighted by Crippen LogP contribution is -2.55. The molecule has 4 nitrogen and oxygen atoms in total. The molecule has 1 heterocycles. The number of carbonyl (C=O) groups is 1. The zero-order chi connectivity index (χ0) is 15.3. The predicted octanol–water partition coefficient (Wildman–Crippen LogP) is 2.53. The molecule has 5 heteroatoms. The minimum atomic E-state index is -0.649. The molecule has 0 bridgehead atoms. The maximum absolute atomic E-state index is 13.0. The number of nitrogens with zero attached hydrogens (tertiary/aromatic N) is 1. The first-order chi connectivity index (χ1) is 10.1. The third kappa shape index (κ3) is 4.00. The third-order valence-corrected chi connectivity index (χ3v) is 4.48. The summed E-state index contributed by atoms with van der Waals surface area (Å²) in [5.74, 6) is 0.122. The molecule has 1 N–H and O–H groups in total. The average molecular weight is 327 g/mol. The molecule has 1 aliphatic heterocycles. The Bertz CT molecular complexity index is 487. The molecule has 1 aromatic rings. The number of hydrogen-bond acceptors (Lipinski definition) is 3. The van der Waals surface area contributed by atoms with Gasteiger partial charge in [-0.1, -0.05) is 24.3 Å². The highest BCUT2D eigenvalue weighted by molar-refractivity contribution is 5.85. The number of rotatable bonds is 5. The van der Waals surface area contributed by atoms with Gasteiger partial charge in [0.05, 0.1) is 0 Å². The van der Waals surface area contributed by atoms with Crippen LogP contribution in [0.25, 0.3) is 0 Å². The number of hydrogen-bond donors (Lipinski definition) is 1. The second-order valence-corrected chi connectivity index (χ2v) is 5.69. The van der Waals surface area contributed by atoms with Gasteiger partial charge >= 0.3 is 0 Å². The van der Waals surface area contributed by atoms with E-state index in [1.54, 1.807) is 7.11 Å². The quantitative estimate of drug-likeness (QED) is 0.904. The summed E-state index contributed by atoms with van der Waals surface area (Å²) in [7, 11) is 1.66. The number of amides is 1. The van der Waals surface area contributed by atoms with Crippen molar-refractivity contribution < 1.29 is 9.53 Å². The molecule has 0 aliphatic carbocycles. The lowest BCUT2D eigenvalue weighted by Gasteiger charge is -2.38. The van der Waals surface area contributed by atoms with E-state index in [1.807, 2.05) is 24.0 Å². The van der Waals surface area contributed by atoms with Crippen molar-refractivity contribution in [3.05, 3.63) is 35.4 Å². The van der Waals surface area contributed by atoms with Crippen LogP contribution in [0.5, 0.6) is 0 Å². The molecule has 0 unspecified atom stereocenters. The lowest BCUT2D eigenvalue weighted by molar-refractivity contribution is -0.158. The van der Waals surface area contributed by atoms with Crippen molar-refractivity contribution in [2.45, 2.75) is 38.8 Å². The Morgan fingerprint density at radius 1 is 1.32 bits per heavy atom. The second-order valence-electron chi connectivity index (χ2n) is 5.69. The van der Waals surface area contributed by atoms with Gasteiger partial charge in [-0.05, 0) is 50.9 Å². The molecule has 124 valence electrons. The highest BCUT2D eigenvalue weighted by Crippen LogP contribution is 2.26. The largest absolute Gasteiger partial charge is 0.368 e. The fraction of sp³-hybridized carbons (Fsp3) is 0.588. The van der Waals surface area contributed by atoms with E-state index in [9.17, 15) is 4.79 Å². The highest BCUT2D eigenvalue weighted by atomic mass is 35.5. The summed E-state index contributed by atoms with van der Waals surface area (Å²) in [6.45, 7) is 7.14. The molecule has 0 saturated carbocycles. The molecular weight excluding hydrogens is 300 g/mol. The molecule has 22 heavy (non-hydrogen) atoms. The maximum atomic E-state index is 13.0. The van der Waals surface area contributed by atoms with E-state index < -0.39 is 5.60 Å². The van der Waals surface area contributed by atoms with Crippen LogP contribution >= 0.6 is 12.4 Å². The second kappa shape index (κ2) is 8.51. The first kappa shape index (κ1) is 18.9. The van der Waals surface area contributed by atoms with Crippen LogP contribution in [0.1, 0.15) is 30.9 Å². The van der Waals surface area contributed by atoms with E-state index >= 15 is 0 Å². The van der Waals surface area contributed by atoms with Gasteiger partial charge in [0.25, 0.3) is 5.91 Å². The van der Waals surface area contributed by atoms with Gasteiger partial charge < -0.3 is 15.0 Å². The summed E-state index contributed by atoms with van der Waals surface area (Å²) < 4.78 is 5.66. The summed E-state index contributed by atoms with van der Waals surface area (Å²) in [6, 6.07) is 8.23. The van der Waals surface area contributed by atoms with Gasteiger partial charge in [0.1, 0.15) is 5.60 Å². The van der Waals surface area contributed by atoms with Crippen LogP contribution in [0.15, 0.2) is 24.3 Å². The van der Waals surface area contributed by atoms with E-state index in [2.05, 4.69) is 24.4 Å². The normalized spacial score (nSPS) is 16.7. The van der Waals surface area contributed by atoms with Crippen LogP contribution in [0.4, 0.5) is 0 Å². The number of halogens is 1. The fourth-order valence-corrected chi connectivity index (χ4v) is 2.94. The first-order valence-corrected chi connectivity index (χ1v) is 7.72. The van der Waals surface area contributed by atoms with Gasteiger partial charge in [0, 0.05) is 20.2 Å². The van der Waals surface area contributed by atoms with Gasteiger partial charge in [-0.3, -0.25) is 4.79 Å². The van der Waals surface area contributed by atoms with E-state index in [0.717, 1.165) is 25.9 Å². The Kier molecular flexibility index (Phi) is 7.33. The summed E-state index contributed by atoms with van der Waals surface area (Å²) in [6.07, 6.45) is 1.49. The summed E-state index contributed by atoms with van der Waals surface area (Å²) in [5, 5.41) is 3.29. The summed E-state index contributed by atoms with van der Waals surface area (Å²) in [4.78, 5) is 14.9. The number of benzene rings is 1. The monoisotopic (exact) mass is 326 g/mol. The molecule has 0 spiro atoms. The molecule has 0 radical (unpaired) electrons. The molecule has 0 aromatic heterocycles.